The Morgan fingerprint density at radius 2 is 2.00 bits per heavy atom. The number of imidazole rings is 1. The molecular formula is C29H36N8O4. The Labute approximate surface area is 239 Å². The predicted molar refractivity (Wildman–Crippen MR) is 154 cm³/mol. The van der Waals surface area contributed by atoms with Gasteiger partial charge in [0.1, 0.15) is 28.7 Å². The molecule has 0 aliphatic carbocycles. The predicted octanol–water partition coefficient (Wildman–Crippen LogP) is 3.89. The van der Waals surface area contributed by atoms with E-state index in [0.29, 0.717) is 65.8 Å². The molecule has 0 bridgehead atoms. The van der Waals surface area contributed by atoms with Crippen molar-refractivity contribution in [3.05, 3.63) is 59.7 Å². The quantitative estimate of drug-likeness (QED) is 0.247. The molecule has 3 aromatic heterocycles. The summed E-state index contributed by atoms with van der Waals surface area (Å²) in [5, 5.41) is 13.8. The fourth-order valence-electron chi connectivity index (χ4n) is 4.64. The van der Waals surface area contributed by atoms with E-state index in [4.69, 9.17) is 25.0 Å². The number of carbonyl (C=O) groups excluding carboxylic acids is 1. The van der Waals surface area contributed by atoms with Gasteiger partial charge in [-0.2, -0.15) is 10.4 Å². The number of methoxy groups -OCH3 is 1. The first-order chi connectivity index (χ1) is 19.6. The minimum atomic E-state index is -0.545. The molecule has 1 fully saturated rings. The van der Waals surface area contributed by atoms with Gasteiger partial charge in [-0.3, -0.25) is 14.4 Å². The Balaban J connectivity index is 1.60. The van der Waals surface area contributed by atoms with E-state index in [1.165, 1.54) is 6.20 Å². The third-order valence-electron chi connectivity index (χ3n) is 6.52. The molecule has 1 aliphatic heterocycles. The number of nitrogens with zero attached hydrogens (tertiary/aromatic N) is 7. The van der Waals surface area contributed by atoms with Gasteiger partial charge in [0.15, 0.2) is 6.10 Å². The minimum Gasteiger partial charge on any atom is -0.466 e. The SMILES string of the molecule is COCC(Oc1cc(/C(=N/N)C(C)=NC2CCN(C(=O)OC(C)(C)C)CC2)cc2ncc(C#N)n12)c1ccccn1. The van der Waals surface area contributed by atoms with Gasteiger partial charge in [0.2, 0.25) is 5.88 Å². The van der Waals surface area contributed by atoms with E-state index in [-0.39, 0.29) is 18.7 Å². The fourth-order valence-corrected chi connectivity index (χ4v) is 4.64. The van der Waals surface area contributed by atoms with E-state index in [1.807, 2.05) is 45.9 Å². The standard InChI is InChI=1S/C29H36N8O4/c1-19(34-21-9-12-36(13-10-21)28(38)41-29(2,3)4)27(35-31)20-14-25-33-17-22(16-30)37(25)26(15-20)40-24(18-39-5)23-8-6-7-11-32-23/h6-8,11,14-15,17,21,24H,9-10,12-13,18,31H2,1-5H3/b34-19?,35-27+. The Bertz CT molecular complexity index is 1460. The number of likely N-dealkylation sites (tertiary alicyclic amines) is 1. The number of hydrogen-bond acceptors (Lipinski definition) is 10. The maximum Gasteiger partial charge on any atom is 0.410 e. The number of rotatable bonds is 8. The van der Waals surface area contributed by atoms with E-state index in [0.717, 1.165) is 0 Å². The number of hydrazone groups is 1. The number of nitrogens with two attached hydrogens (primary N) is 1. The molecule has 0 aromatic carbocycles. The minimum absolute atomic E-state index is 0.00302. The molecule has 2 N–H and O–H groups in total. The highest BCUT2D eigenvalue weighted by molar-refractivity contribution is 6.47. The molecule has 12 heteroatoms. The molecule has 1 unspecified atom stereocenters. The van der Waals surface area contributed by atoms with Gasteiger partial charge < -0.3 is 25.0 Å². The zero-order valence-electron chi connectivity index (χ0n) is 24.1. The number of hydrogen-bond donors (Lipinski definition) is 1. The Morgan fingerprint density at radius 3 is 2.61 bits per heavy atom. The number of ether oxygens (including phenoxy) is 3. The zero-order valence-corrected chi connectivity index (χ0v) is 24.1. The van der Waals surface area contributed by atoms with Gasteiger partial charge in [0, 0.05) is 38.0 Å². The number of piperidine rings is 1. The summed E-state index contributed by atoms with van der Waals surface area (Å²) in [5.41, 5.74) is 2.68. The van der Waals surface area contributed by atoms with Crippen molar-refractivity contribution in [3.63, 3.8) is 0 Å². The second-order valence-corrected chi connectivity index (χ2v) is 10.7. The molecule has 1 amide bonds. The molecular weight excluding hydrogens is 524 g/mol. The third-order valence-corrected chi connectivity index (χ3v) is 6.52. The van der Waals surface area contributed by atoms with Crippen LogP contribution in [0, 0.1) is 11.3 Å². The third kappa shape index (κ3) is 7.18. The molecule has 1 atom stereocenters. The molecule has 12 nitrogen and oxygen atoms in total. The van der Waals surface area contributed by atoms with Gasteiger partial charge in [0.25, 0.3) is 0 Å². The Kier molecular flexibility index (Phi) is 9.19. The number of amides is 1. The van der Waals surface area contributed by atoms with Crippen LogP contribution in [-0.2, 0) is 9.47 Å². The normalized spacial score (nSPS) is 16.0. The van der Waals surface area contributed by atoms with Crippen LogP contribution < -0.4 is 10.6 Å². The van der Waals surface area contributed by atoms with Crippen LogP contribution >= 0.6 is 0 Å². The largest absolute Gasteiger partial charge is 0.466 e. The van der Waals surface area contributed by atoms with Crippen LogP contribution in [0.3, 0.4) is 0 Å². The molecule has 4 heterocycles. The molecule has 1 aliphatic rings. The lowest BCUT2D eigenvalue weighted by molar-refractivity contribution is 0.0207. The lowest BCUT2D eigenvalue weighted by atomic mass is 10.0. The van der Waals surface area contributed by atoms with Crippen LogP contribution in [-0.4, -0.2) is 75.2 Å². The highest BCUT2D eigenvalue weighted by atomic mass is 16.6. The smallest absolute Gasteiger partial charge is 0.410 e. The summed E-state index contributed by atoms with van der Waals surface area (Å²) in [4.78, 5) is 27.9. The van der Waals surface area contributed by atoms with Crippen molar-refractivity contribution in [2.24, 2.45) is 15.9 Å². The molecule has 216 valence electrons. The van der Waals surface area contributed by atoms with Crippen LogP contribution in [0.2, 0.25) is 0 Å². The summed E-state index contributed by atoms with van der Waals surface area (Å²) in [6.07, 6.45) is 3.69. The summed E-state index contributed by atoms with van der Waals surface area (Å²) in [6, 6.07) is 11.2. The molecule has 0 radical (unpaired) electrons. The molecule has 0 saturated carbocycles. The van der Waals surface area contributed by atoms with Crippen molar-refractivity contribution in [3.8, 4) is 11.9 Å². The number of aliphatic imine (C=N–C) groups is 1. The lowest BCUT2D eigenvalue weighted by Gasteiger charge is -2.32. The van der Waals surface area contributed by atoms with Gasteiger partial charge >= 0.3 is 6.09 Å². The van der Waals surface area contributed by atoms with Crippen molar-refractivity contribution < 1.29 is 19.0 Å². The van der Waals surface area contributed by atoms with Gasteiger partial charge in [-0.25, -0.2) is 9.78 Å². The van der Waals surface area contributed by atoms with E-state index in [1.54, 1.807) is 34.7 Å². The summed E-state index contributed by atoms with van der Waals surface area (Å²) in [5.74, 6) is 6.24. The second-order valence-electron chi connectivity index (χ2n) is 10.7. The number of aromatic nitrogens is 3. The van der Waals surface area contributed by atoms with E-state index >= 15 is 0 Å². The highest BCUT2D eigenvalue weighted by Crippen LogP contribution is 2.27. The highest BCUT2D eigenvalue weighted by Gasteiger charge is 2.27. The first kappa shape index (κ1) is 29.5. The van der Waals surface area contributed by atoms with Crippen molar-refractivity contribution in [1.29, 1.82) is 5.26 Å². The average Bonchev–Trinajstić information content (AvgIpc) is 3.36. The summed E-state index contributed by atoms with van der Waals surface area (Å²) < 4.78 is 18.9. The van der Waals surface area contributed by atoms with E-state index < -0.39 is 11.7 Å². The number of pyridine rings is 2. The zero-order chi connectivity index (χ0) is 29.6. The number of fused-ring (bicyclic) bond motifs is 1. The first-order valence-electron chi connectivity index (χ1n) is 13.4. The lowest BCUT2D eigenvalue weighted by Crippen LogP contribution is -2.42. The van der Waals surface area contributed by atoms with Crippen LogP contribution in [0.5, 0.6) is 5.88 Å². The van der Waals surface area contributed by atoms with Crippen LogP contribution in [0.25, 0.3) is 5.65 Å². The maximum atomic E-state index is 12.4. The van der Waals surface area contributed by atoms with Gasteiger partial charge in [0.05, 0.1) is 30.3 Å². The van der Waals surface area contributed by atoms with Crippen molar-refractivity contribution in [1.82, 2.24) is 19.3 Å². The van der Waals surface area contributed by atoms with E-state index in [9.17, 15) is 10.1 Å². The van der Waals surface area contributed by atoms with Crippen LogP contribution in [0.15, 0.2) is 52.8 Å². The molecule has 0 spiro atoms. The number of nitriles is 1. The first-order valence-corrected chi connectivity index (χ1v) is 13.4. The summed E-state index contributed by atoms with van der Waals surface area (Å²) in [7, 11) is 1.58. The van der Waals surface area contributed by atoms with Gasteiger partial charge in [-0.1, -0.05) is 6.07 Å². The van der Waals surface area contributed by atoms with E-state index in [2.05, 4.69) is 21.1 Å². The maximum absolute atomic E-state index is 12.4. The molecule has 4 rings (SSSR count). The fraction of sp³-hybridized carbons (Fsp3) is 0.448. The topological polar surface area (TPSA) is 153 Å². The average molecular weight is 561 g/mol. The summed E-state index contributed by atoms with van der Waals surface area (Å²) in [6.45, 7) is 8.75. The van der Waals surface area contributed by atoms with Gasteiger partial charge in [-0.05, 0) is 58.7 Å². The van der Waals surface area contributed by atoms with Gasteiger partial charge in [-0.15, -0.1) is 0 Å². The second kappa shape index (κ2) is 12.8. The van der Waals surface area contributed by atoms with Crippen LogP contribution in [0.1, 0.15) is 63.6 Å². The number of carbonyl (C=O) groups is 1. The monoisotopic (exact) mass is 560 g/mol. The Morgan fingerprint density at radius 1 is 1.24 bits per heavy atom. The summed E-state index contributed by atoms with van der Waals surface area (Å²) >= 11 is 0. The van der Waals surface area contributed by atoms with Crippen LogP contribution in [0.4, 0.5) is 4.79 Å². The molecule has 3 aromatic rings. The Hall–Kier alpha value is -4.50. The molecule has 41 heavy (non-hydrogen) atoms. The van der Waals surface area contributed by atoms with Crippen molar-refractivity contribution >= 4 is 23.2 Å². The van der Waals surface area contributed by atoms with Crippen molar-refractivity contribution in [2.75, 3.05) is 26.8 Å². The molecule has 1 saturated heterocycles. The van der Waals surface area contributed by atoms with Crippen molar-refractivity contribution in [2.45, 2.75) is 58.3 Å².